The van der Waals surface area contributed by atoms with Crippen LogP contribution >= 0.6 is 11.6 Å². The van der Waals surface area contributed by atoms with Gasteiger partial charge in [0.1, 0.15) is 11.5 Å². The highest BCUT2D eigenvalue weighted by Crippen LogP contribution is 2.26. The van der Waals surface area contributed by atoms with Gasteiger partial charge in [-0.05, 0) is 67.1 Å². The van der Waals surface area contributed by atoms with Gasteiger partial charge >= 0.3 is 0 Å². The molecule has 5 heteroatoms. The lowest BCUT2D eigenvalue weighted by Crippen LogP contribution is -2.33. The summed E-state index contributed by atoms with van der Waals surface area (Å²) in [5, 5.41) is 3.81. The second kappa shape index (κ2) is 9.65. The Hall–Kier alpha value is -2.20. The first-order valence-electron chi connectivity index (χ1n) is 9.13. The van der Waals surface area contributed by atoms with Crippen molar-refractivity contribution in [3.63, 3.8) is 0 Å². The maximum Gasteiger partial charge on any atom is 0.258 e. The second-order valence-electron chi connectivity index (χ2n) is 7.18. The van der Waals surface area contributed by atoms with Gasteiger partial charge in [-0.1, -0.05) is 37.6 Å². The van der Waals surface area contributed by atoms with E-state index >= 15 is 0 Å². The number of aryl methyl sites for hydroxylation is 2. The molecule has 0 spiro atoms. The van der Waals surface area contributed by atoms with Crippen molar-refractivity contribution in [3.05, 3.63) is 58.1 Å². The number of methoxy groups -OCH3 is 1. The molecule has 0 heterocycles. The van der Waals surface area contributed by atoms with Gasteiger partial charge in [0.2, 0.25) is 0 Å². The van der Waals surface area contributed by atoms with Crippen molar-refractivity contribution in [1.29, 1.82) is 0 Å². The van der Waals surface area contributed by atoms with Crippen molar-refractivity contribution in [1.82, 2.24) is 5.32 Å². The SMILES string of the molecule is COc1ccc([C@H](CC(C)C)NC(=O)COc2cc(C)c(Cl)c(C)c2)cc1. The first-order chi connectivity index (χ1) is 12.8. The Morgan fingerprint density at radius 2 is 1.67 bits per heavy atom. The lowest BCUT2D eigenvalue weighted by atomic mass is 9.97. The lowest BCUT2D eigenvalue weighted by Gasteiger charge is -2.21. The van der Waals surface area contributed by atoms with Gasteiger partial charge in [-0.3, -0.25) is 4.79 Å². The van der Waals surface area contributed by atoms with Crippen LogP contribution in [0.3, 0.4) is 0 Å². The Morgan fingerprint density at radius 1 is 1.07 bits per heavy atom. The topological polar surface area (TPSA) is 47.6 Å². The molecule has 0 radical (unpaired) electrons. The van der Waals surface area contributed by atoms with E-state index in [1.54, 1.807) is 7.11 Å². The van der Waals surface area contributed by atoms with Crippen LogP contribution in [0.15, 0.2) is 36.4 Å². The van der Waals surface area contributed by atoms with E-state index in [9.17, 15) is 4.79 Å². The first-order valence-corrected chi connectivity index (χ1v) is 9.50. The molecule has 0 aromatic heterocycles. The van der Waals surface area contributed by atoms with Gasteiger partial charge in [-0.2, -0.15) is 0 Å². The number of carbonyl (C=O) groups excluding carboxylic acids is 1. The number of ether oxygens (including phenoxy) is 2. The van der Waals surface area contributed by atoms with Gasteiger partial charge in [0.25, 0.3) is 5.91 Å². The number of nitrogens with one attached hydrogen (secondary N) is 1. The highest BCUT2D eigenvalue weighted by Gasteiger charge is 2.17. The minimum atomic E-state index is -0.151. The normalized spacial score (nSPS) is 12.0. The highest BCUT2D eigenvalue weighted by molar-refractivity contribution is 6.32. The van der Waals surface area contributed by atoms with Crippen LogP contribution in [0.2, 0.25) is 5.02 Å². The summed E-state index contributed by atoms with van der Waals surface area (Å²) < 4.78 is 10.9. The summed E-state index contributed by atoms with van der Waals surface area (Å²) in [6, 6.07) is 11.4. The number of rotatable bonds is 8. The fourth-order valence-corrected chi connectivity index (χ4v) is 3.07. The van der Waals surface area contributed by atoms with Crippen molar-refractivity contribution >= 4 is 17.5 Å². The molecule has 0 fully saturated rings. The van der Waals surface area contributed by atoms with Crippen LogP contribution in [0, 0.1) is 19.8 Å². The third-order valence-corrected chi connectivity index (χ3v) is 4.94. The molecule has 1 atom stereocenters. The molecule has 0 aliphatic heterocycles. The van der Waals surface area contributed by atoms with E-state index in [4.69, 9.17) is 21.1 Å². The molecule has 146 valence electrons. The maximum absolute atomic E-state index is 12.5. The van der Waals surface area contributed by atoms with Crippen LogP contribution < -0.4 is 14.8 Å². The predicted molar refractivity (Wildman–Crippen MR) is 110 cm³/mol. The average Bonchev–Trinajstić information content (AvgIpc) is 2.63. The number of amides is 1. The molecular formula is C22H28ClNO3. The van der Waals surface area contributed by atoms with Crippen LogP contribution in [0.5, 0.6) is 11.5 Å². The molecule has 0 aliphatic rings. The largest absolute Gasteiger partial charge is 0.497 e. The third kappa shape index (κ3) is 6.17. The molecule has 0 bridgehead atoms. The molecule has 2 aromatic rings. The van der Waals surface area contributed by atoms with Gasteiger partial charge in [-0.15, -0.1) is 0 Å². The zero-order chi connectivity index (χ0) is 20.0. The Labute approximate surface area is 166 Å². The van der Waals surface area contributed by atoms with Crippen molar-refractivity contribution in [2.24, 2.45) is 5.92 Å². The maximum atomic E-state index is 12.5. The molecule has 1 N–H and O–H groups in total. The summed E-state index contributed by atoms with van der Waals surface area (Å²) in [6.07, 6.45) is 0.844. The standard InChI is InChI=1S/C22H28ClNO3/c1-14(2)10-20(17-6-8-18(26-5)9-7-17)24-21(25)13-27-19-11-15(3)22(23)16(4)12-19/h6-9,11-12,14,20H,10,13H2,1-5H3,(H,24,25)/t20-/m0/s1. The monoisotopic (exact) mass is 389 g/mol. The number of hydrogen-bond donors (Lipinski definition) is 1. The number of hydrogen-bond acceptors (Lipinski definition) is 3. The highest BCUT2D eigenvalue weighted by atomic mass is 35.5. The molecule has 2 rings (SSSR count). The summed E-state index contributed by atoms with van der Waals surface area (Å²) in [4.78, 5) is 12.5. The molecule has 1 amide bonds. The van der Waals surface area contributed by atoms with Crippen LogP contribution in [-0.2, 0) is 4.79 Å². The summed E-state index contributed by atoms with van der Waals surface area (Å²) >= 11 is 6.18. The fourth-order valence-electron chi connectivity index (χ4n) is 2.96. The van der Waals surface area contributed by atoms with E-state index in [0.29, 0.717) is 11.7 Å². The van der Waals surface area contributed by atoms with E-state index in [-0.39, 0.29) is 18.6 Å². The zero-order valence-corrected chi connectivity index (χ0v) is 17.4. The number of benzene rings is 2. The van der Waals surface area contributed by atoms with Gasteiger partial charge in [0.15, 0.2) is 6.61 Å². The average molecular weight is 390 g/mol. The van der Waals surface area contributed by atoms with Crippen LogP contribution in [0.25, 0.3) is 0 Å². The van der Waals surface area contributed by atoms with Crippen molar-refractivity contribution in [2.45, 2.75) is 40.2 Å². The lowest BCUT2D eigenvalue weighted by molar-refractivity contribution is -0.124. The third-order valence-electron chi connectivity index (χ3n) is 4.34. The van der Waals surface area contributed by atoms with Crippen molar-refractivity contribution in [3.8, 4) is 11.5 Å². The van der Waals surface area contributed by atoms with E-state index in [0.717, 1.165) is 33.9 Å². The van der Waals surface area contributed by atoms with Gasteiger partial charge in [-0.25, -0.2) is 0 Å². The first kappa shape index (κ1) is 21.1. The molecular weight excluding hydrogens is 362 g/mol. The molecule has 27 heavy (non-hydrogen) atoms. The molecule has 2 aromatic carbocycles. The van der Waals surface area contributed by atoms with E-state index in [1.165, 1.54) is 0 Å². The summed E-state index contributed by atoms with van der Waals surface area (Å²) in [6.45, 7) is 8.08. The minimum absolute atomic E-state index is 0.0364. The smallest absolute Gasteiger partial charge is 0.258 e. The van der Waals surface area contributed by atoms with Gasteiger partial charge < -0.3 is 14.8 Å². The number of halogens is 1. The van der Waals surface area contributed by atoms with Crippen molar-refractivity contribution < 1.29 is 14.3 Å². The van der Waals surface area contributed by atoms with Gasteiger partial charge in [0, 0.05) is 5.02 Å². The van der Waals surface area contributed by atoms with Gasteiger partial charge in [0.05, 0.1) is 13.2 Å². The molecule has 4 nitrogen and oxygen atoms in total. The molecule has 0 saturated heterocycles. The summed E-state index contributed by atoms with van der Waals surface area (Å²) in [7, 11) is 1.64. The zero-order valence-electron chi connectivity index (χ0n) is 16.6. The Kier molecular flexibility index (Phi) is 7.55. The van der Waals surface area contributed by atoms with E-state index < -0.39 is 0 Å². The summed E-state index contributed by atoms with van der Waals surface area (Å²) in [5.74, 6) is 1.74. The predicted octanol–water partition coefficient (Wildman–Crippen LogP) is 5.25. The van der Waals surface area contributed by atoms with E-state index in [1.807, 2.05) is 50.2 Å². The number of carbonyl (C=O) groups is 1. The van der Waals surface area contributed by atoms with Crippen LogP contribution in [0.1, 0.15) is 43.0 Å². The summed E-state index contributed by atoms with van der Waals surface area (Å²) in [5.41, 5.74) is 2.92. The Morgan fingerprint density at radius 3 is 2.19 bits per heavy atom. The van der Waals surface area contributed by atoms with Crippen LogP contribution in [-0.4, -0.2) is 19.6 Å². The Balaban J connectivity index is 2.02. The minimum Gasteiger partial charge on any atom is -0.497 e. The molecule has 0 aliphatic carbocycles. The second-order valence-corrected chi connectivity index (χ2v) is 7.56. The van der Waals surface area contributed by atoms with E-state index in [2.05, 4.69) is 19.2 Å². The van der Waals surface area contributed by atoms with Crippen LogP contribution in [0.4, 0.5) is 0 Å². The molecule has 0 unspecified atom stereocenters. The quantitative estimate of drug-likeness (QED) is 0.670. The Bertz CT molecular complexity index is 749. The van der Waals surface area contributed by atoms with Crippen molar-refractivity contribution in [2.75, 3.05) is 13.7 Å². The molecule has 0 saturated carbocycles. The fraction of sp³-hybridized carbons (Fsp3) is 0.409.